The van der Waals surface area contributed by atoms with Gasteiger partial charge in [-0.05, 0) is 35.9 Å². The number of aromatic nitrogens is 2. The second-order valence-electron chi connectivity index (χ2n) is 5.81. The Hall–Kier alpha value is -3.07. The van der Waals surface area contributed by atoms with Gasteiger partial charge < -0.3 is 5.32 Å². The number of hydrogen-bond donors (Lipinski definition) is 2. The molecule has 1 heterocycles. The van der Waals surface area contributed by atoms with Crippen LogP contribution in [-0.4, -0.2) is 15.8 Å². The van der Waals surface area contributed by atoms with E-state index in [0.717, 1.165) is 17.7 Å². The number of amides is 2. The predicted octanol–water partition coefficient (Wildman–Crippen LogP) is 5.39. The Morgan fingerprint density at radius 2 is 1.82 bits per heavy atom. The van der Waals surface area contributed by atoms with E-state index in [4.69, 9.17) is 11.6 Å². The van der Waals surface area contributed by atoms with Gasteiger partial charge in [-0.15, -0.1) is 0 Å². The molecule has 3 aromatic rings. The SMILES string of the molecule is O=C(Nc1cccc(C(F)(F)F)c1)Nc1nn(Cc2ccc(F)cc2)cc1Cl. The quantitative estimate of drug-likeness (QED) is 0.565. The number of nitrogens with zero attached hydrogens (tertiary/aromatic N) is 2. The van der Waals surface area contributed by atoms with E-state index < -0.39 is 17.8 Å². The maximum Gasteiger partial charge on any atom is 0.416 e. The van der Waals surface area contributed by atoms with Crippen molar-refractivity contribution < 1.29 is 22.4 Å². The van der Waals surface area contributed by atoms with Crippen LogP contribution in [0.3, 0.4) is 0 Å². The molecule has 3 rings (SSSR count). The number of anilines is 2. The number of carbonyl (C=O) groups excluding carboxylic acids is 1. The molecule has 2 N–H and O–H groups in total. The van der Waals surface area contributed by atoms with E-state index in [1.807, 2.05) is 0 Å². The Labute approximate surface area is 161 Å². The molecule has 5 nitrogen and oxygen atoms in total. The minimum Gasteiger partial charge on any atom is -0.308 e. The molecular weight excluding hydrogens is 400 g/mol. The highest BCUT2D eigenvalue weighted by Gasteiger charge is 2.30. The molecule has 0 aliphatic carbocycles. The molecule has 0 unspecified atom stereocenters. The van der Waals surface area contributed by atoms with Gasteiger partial charge in [-0.2, -0.15) is 18.3 Å². The zero-order chi connectivity index (χ0) is 20.3. The summed E-state index contributed by atoms with van der Waals surface area (Å²) in [5, 5.41) is 8.92. The number of carbonyl (C=O) groups is 1. The summed E-state index contributed by atoms with van der Waals surface area (Å²) in [4.78, 5) is 12.0. The third-order valence-electron chi connectivity index (χ3n) is 3.65. The van der Waals surface area contributed by atoms with E-state index in [-0.39, 0.29) is 28.9 Å². The highest BCUT2D eigenvalue weighted by molar-refractivity contribution is 6.33. The first kappa shape index (κ1) is 19.7. The predicted molar refractivity (Wildman–Crippen MR) is 96.8 cm³/mol. The molecule has 0 aliphatic heterocycles. The highest BCUT2D eigenvalue weighted by Crippen LogP contribution is 2.30. The Morgan fingerprint density at radius 1 is 1.11 bits per heavy atom. The molecule has 0 bridgehead atoms. The standard InChI is InChI=1S/C18H13ClF4N4O/c19-15-10-27(9-11-4-6-13(20)7-5-11)26-16(15)25-17(28)24-14-3-1-2-12(8-14)18(21,22)23/h1-8,10H,9H2,(H2,24,25,26,28). The Kier molecular flexibility index (Phi) is 5.55. The van der Waals surface area contributed by atoms with E-state index in [9.17, 15) is 22.4 Å². The van der Waals surface area contributed by atoms with E-state index in [2.05, 4.69) is 15.7 Å². The maximum absolute atomic E-state index is 12.9. The van der Waals surface area contributed by atoms with Crippen LogP contribution in [0.25, 0.3) is 0 Å². The number of benzene rings is 2. The van der Waals surface area contributed by atoms with Crippen LogP contribution in [0.2, 0.25) is 5.02 Å². The molecule has 0 saturated carbocycles. The molecule has 0 saturated heterocycles. The van der Waals surface area contributed by atoms with Crippen LogP contribution in [0.4, 0.5) is 33.9 Å². The molecule has 0 radical (unpaired) electrons. The molecule has 1 aromatic heterocycles. The second-order valence-corrected chi connectivity index (χ2v) is 6.21. The average molecular weight is 413 g/mol. The molecule has 0 atom stereocenters. The van der Waals surface area contributed by atoms with Gasteiger partial charge in [0.25, 0.3) is 0 Å². The van der Waals surface area contributed by atoms with Gasteiger partial charge in [0.2, 0.25) is 0 Å². The van der Waals surface area contributed by atoms with Crippen molar-refractivity contribution in [2.75, 3.05) is 10.6 Å². The maximum atomic E-state index is 12.9. The average Bonchev–Trinajstić information content (AvgIpc) is 2.95. The van der Waals surface area contributed by atoms with Crippen LogP contribution in [0.5, 0.6) is 0 Å². The summed E-state index contributed by atoms with van der Waals surface area (Å²) in [5.74, 6) is -0.330. The minimum absolute atomic E-state index is 0.0332. The lowest BCUT2D eigenvalue weighted by molar-refractivity contribution is -0.137. The summed E-state index contributed by atoms with van der Waals surface area (Å²) in [6, 6.07) is 9.20. The van der Waals surface area contributed by atoms with Crippen LogP contribution in [0.1, 0.15) is 11.1 Å². The van der Waals surface area contributed by atoms with Crippen LogP contribution in [-0.2, 0) is 12.7 Å². The third-order valence-corrected chi connectivity index (χ3v) is 3.93. The molecule has 28 heavy (non-hydrogen) atoms. The second kappa shape index (κ2) is 7.89. The van der Waals surface area contributed by atoms with E-state index >= 15 is 0 Å². The van der Waals surface area contributed by atoms with Crippen LogP contribution in [0, 0.1) is 5.82 Å². The summed E-state index contributed by atoms with van der Waals surface area (Å²) >= 11 is 6.03. The van der Waals surface area contributed by atoms with Gasteiger partial charge in [0.1, 0.15) is 10.8 Å². The lowest BCUT2D eigenvalue weighted by Crippen LogP contribution is -2.20. The zero-order valence-electron chi connectivity index (χ0n) is 14.1. The molecular formula is C18H13ClF4N4O. The number of rotatable bonds is 4. The summed E-state index contributed by atoms with van der Waals surface area (Å²) in [6.45, 7) is 0.289. The fourth-order valence-corrected chi connectivity index (χ4v) is 2.58. The summed E-state index contributed by atoms with van der Waals surface area (Å²) < 4.78 is 52.6. The minimum atomic E-state index is -4.52. The van der Waals surface area contributed by atoms with Gasteiger partial charge in [-0.25, -0.2) is 9.18 Å². The lowest BCUT2D eigenvalue weighted by Gasteiger charge is -2.10. The molecule has 146 valence electrons. The Balaban J connectivity index is 1.66. The number of nitrogens with one attached hydrogen (secondary N) is 2. The van der Waals surface area contributed by atoms with E-state index in [1.165, 1.54) is 35.1 Å². The summed E-state index contributed by atoms with van der Waals surface area (Å²) in [6.07, 6.45) is -3.05. The van der Waals surface area contributed by atoms with Crippen LogP contribution >= 0.6 is 11.6 Å². The molecule has 2 aromatic carbocycles. The van der Waals surface area contributed by atoms with Crippen molar-refractivity contribution in [2.45, 2.75) is 12.7 Å². The topological polar surface area (TPSA) is 59.0 Å². The van der Waals surface area contributed by atoms with Crippen molar-refractivity contribution in [2.24, 2.45) is 0 Å². The molecule has 0 fully saturated rings. The zero-order valence-corrected chi connectivity index (χ0v) is 14.9. The van der Waals surface area contributed by atoms with Crippen LogP contribution in [0.15, 0.2) is 54.7 Å². The Bertz CT molecular complexity index is 986. The Morgan fingerprint density at radius 3 is 2.50 bits per heavy atom. The van der Waals surface area contributed by atoms with Crippen molar-refractivity contribution in [1.29, 1.82) is 0 Å². The first-order valence-corrected chi connectivity index (χ1v) is 8.31. The number of urea groups is 1. The fourth-order valence-electron chi connectivity index (χ4n) is 2.38. The normalized spacial score (nSPS) is 11.3. The smallest absolute Gasteiger partial charge is 0.308 e. The molecule has 2 amide bonds. The van der Waals surface area contributed by atoms with Gasteiger partial charge in [0.05, 0.1) is 12.1 Å². The van der Waals surface area contributed by atoms with E-state index in [1.54, 1.807) is 12.1 Å². The van der Waals surface area contributed by atoms with Crippen molar-refractivity contribution in [1.82, 2.24) is 9.78 Å². The van der Waals surface area contributed by atoms with Gasteiger partial charge in [-0.3, -0.25) is 10.00 Å². The first-order valence-electron chi connectivity index (χ1n) is 7.93. The first-order chi connectivity index (χ1) is 13.2. The molecule has 0 aliphatic rings. The van der Waals surface area contributed by atoms with E-state index in [0.29, 0.717) is 0 Å². The number of alkyl halides is 3. The van der Waals surface area contributed by atoms with Crippen molar-refractivity contribution in [3.8, 4) is 0 Å². The van der Waals surface area contributed by atoms with Crippen molar-refractivity contribution >= 4 is 29.1 Å². The number of halogens is 5. The fraction of sp³-hybridized carbons (Fsp3) is 0.111. The number of hydrogen-bond acceptors (Lipinski definition) is 2. The highest BCUT2D eigenvalue weighted by atomic mass is 35.5. The summed E-state index contributed by atoms with van der Waals surface area (Å²) in [7, 11) is 0. The van der Waals surface area contributed by atoms with Gasteiger partial charge in [0, 0.05) is 11.9 Å². The van der Waals surface area contributed by atoms with Gasteiger partial charge in [-0.1, -0.05) is 29.8 Å². The lowest BCUT2D eigenvalue weighted by atomic mass is 10.2. The molecule has 0 spiro atoms. The van der Waals surface area contributed by atoms with Gasteiger partial charge >= 0.3 is 12.2 Å². The third kappa shape index (κ3) is 5.01. The summed E-state index contributed by atoms with van der Waals surface area (Å²) in [5.41, 5.74) is -0.151. The largest absolute Gasteiger partial charge is 0.416 e. The monoisotopic (exact) mass is 412 g/mol. The van der Waals surface area contributed by atoms with Crippen molar-refractivity contribution in [3.05, 3.63) is 76.7 Å². The van der Waals surface area contributed by atoms with Crippen molar-refractivity contribution in [3.63, 3.8) is 0 Å². The molecule has 10 heteroatoms. The van der Waals surface area contributed by atoms with Gasteiger partial charge in [0.15, 0.2) is 5.82 Å². The van der Waals surface area contributed by atoms with Crippen LogP contribution < -0.4 is 10.6 Å².